The average molecular weight is 542 g/mol. The van der Waals surface area contributed by atoms with Crippen LogP contribution in [0.25, 0.3) is 21.2 Å². The SMILES string of the molecule is O=C(CC(Cc1cccc2ccccc12)C(=O)NC(Cc1c[nH]cn1)C(=O)O)NCCc1ccccc1.[N-]=[N+]=N. The van der Waals surface area contributed by atoms with Gasteiger partial charge in [0, 0.05) is 25.6 Å². The van der Waals surface area contributed by atoms with E-state index in [1.54, 1.807) is 11.1 Å². The Bertz CT molecular complexity index is 1430. The fraction of sp³-hybridized carbons (Fsp3) is 0.241. The van der Waals surface area contributed by atoms with Crippen LogP contribution in [0.15, 0.2) is 85.3 Å². The van der Waals surface area contributed by atoms with Gasteiger partial charge in [0.2, 0.25) is 11.8 Å². The van der Waals surface area contributed by atoms with Crippen LogP contribution in [0.5, 0.6) is 0 Å². The van der Waals surface area contributed by atoms with E-state index in [4.69, 9.17) is 11.1 Å². The molecule has 0 aliphatic rings. The summed E-state index contributed by atoms with van der Waals surface area (Å²) in [5.41, 5.74) is 14.8. The normalized spacial score (nSPS) is 11.8. The van der Waals surface area contributed by atoms with Gasteiger partial charge < -0.3 is 20.7 Å². The minimum Gasteiger partial charge on any atom is -0.480 e. The lowest BCUT2D eigenvalue weighted by Gasteiger charge is -2.21. The summed E-state index contributed by atoms with van der Waals surface area (Å²) >= 11 is 0. The molecule has 0 saturated heterocycles. The van der Waals surface area contributed by atoms with Crippen molar-refractivity contribution in [2.45, 2.75) is 31.7 Å². The molecule has 1 heterocycles. The second-order valence-electron chi connectivity index (χ2n) is 9.09. The number of nitrogens with one attached hydrogen (secondary N) is 4. The topological polar surface area (TPSA) is 184 Å². The molecular formula is C29H31N7O4. The van der Waals surface area contributed by atoms with Crippen molar-refractivity contribution in [1.29, 1.82) is 5.53 Å². The van der Waals surface area contributed by atoms with Crippen LogP contribution in [0.3, 0.4) is 0 Å². The van der Waals surface area contributed by atoms with Crippen LogP contribution in [-0.2, 0) is 33.6 Å². The number of nitrogens with zero attached hydrogens (tertiary/aromatic N) is 3. The second kappa shape index (κ2) is 15.3. The van der Waals surface area contributed by atoms with Crippen LogP contribution in [0.4, 0.5) is 0 Å². The predicted molar refractivity (Wildman–Crippen MR) is 150 cm³/mol. The van der Waals surface area contributed by atoms with Crippen molar-refractivity contribution in [1.82, 2.24) is 20.6 Å². The van der Waals surface area contributed by atoms with Gasteiger partial charge in [0.25, 0.3) is 0 Å². The summed E-state index contributed by atoms with van der Waals surface area (Å²) in [6.07, 6.45) is 4.01. The number of amides is 2. The number of hydrogen-bond acceptors (Lipinski definition) is 5. The maximum Gasteiger partial charge on any atom is 0.326 e. The highest BCUT2D eigenvalue weighted by atomic mass is 16.4. The number of carboxylic acids is 1. The van der Waals surface area contributed by atoms with E-state index in [0.717, 1.165) is 21.9 Å². The number of aromatic nitrogens is 2. The summed E-state index contributed by atoms with van der Waals surface area (Å²) in [5.74, 6) is -2.64. The van der Waals surface area contributed by atoms with E-state index < -0.39 is 23.8 Å². The van der Waals surface area contributed by atoms with E-state index in [9.17, 15) is 19.5 Å². The average Bonchev–Trinajstić information content (AvgIpc) is 3.47. The Balaban J connectivity index is 0.00000141. The van der Waals surface area contributed by atoms with Crippen molar-refractivity contribution < 1.29 is 19.5 Å². The highest BCUT2D eigenvalue weighted by Crippen LogP contribution is 2.23. The van der Waals surface area contributed by atoms with Crippen LogP contribution in [0.2, 0.25) is 0 Å². The lowest BCUT2D eigenvalue weighted by molar-refractivity contribution is -0.142. The molecule has 5 N–H and O–H groups in total. The molecule has 11 heteroatoms. The molecule has 0 radical (unpaired) electrons. The van der Waals surface area contributed by atoms with Crippen molar-refractivity contribution >= 4 is 28.6 Å². The quantitative estimate of drug-likeness (QED) is 0.102. The zero-order valence-electron chi connectivity index (χ0n) is 21.8. The van der Waals surface area contributed by atoms with Gasteiger partial charge in [0.15, 0.2) is 0 Å². The smallest absolute Gasteiger partial charge is 0.326 e. The third-order valence-electron chi connectivity index (χ3n) is 6.31. The van der Waals surface area contributed by atoms with Crippen molar-refractivity contribution in [2.24, 2.45) is 5.92 Å². The first-order valence-corrected chi connectivity index (χ1v) is 12.7. The number of rotatable bonds is 12. The van der Waals surface area contributed by atoms with Gasteiger partial charge in [-0.2, -0.15) is 0 Å². The van der Waals surface area contributed by atoms with Gasteiger partial charge in [-0.25, -0.2) is 9.78 Å². The third-order valence-corrected chi connectivity index (χ3v) is 6.31. The maximum absolute atomic E-state index is 13.4. The third kappa shape index (κ3) is 9.00. The number of carbonyl (C=O) groups is 3. The van der Waals surface area contributed by atoms with E-state index in [1.807, 2.05) is 72.8 Å². The maximum atomic E-state index is 13.4. The molecule has 0 fully saturated rings. The first-order chi connectivity index (χ1) is 19.4. The predicted octanol–water partition coefficient (Wildman–Crippen LogP) is 4.16. The number of imidazole rings is 1. The van der Waals surface area contributed by atoms with E-state index in [-0.39, 0.29) is 18.7 Å². The van der Waals surface area contributed by atoms with Crippen molar-refractivity contribution in [3.05, 3.63) is 113 Å². The molecule has 0 aliphatic carbocycles. The largest absolute Gasteiger partial charge is 0.480 e. The fourth-order valence-corrected chi connectivity index (χ4v) is 4.38. The van der Waals surface area contributed by atoms with Crippen molar-refractivity contribution in [3.8, 4) is 0 Å². The molecule has 40 heavy (non-hydrogen) atoms. The van der Waals surface area contributed by atoms with Gasteiger partial charge in [0.05, 0.1) is 17.9 Å². The zero-order chi connectivity index (χ0) is 28.7. The number of aromatic amines is 1. The molecule has 1 aromatic heterocycles. The van der Waals surface area contributed by atoms with E-state index >= 15 is 0 Å². The van der Waals surface area contributed by atoms with E-state index in [2.05, 4.69) is 20.6 Å². The summed E-state index contributed by atoms with van der Waals surface area (Å²) < 4.78 is 0. The number of fused-ring (bicyclic) bond motifs is 1. The number of H-pyrrole nitrogens is 1. The van der Waals surface area contributed by atoms with Gasteiger partial charge in [-0.3, -0.25) is 9.59 Å². The Hall–Kier alpha value is -5.15. The van der Waals surface area contributed by atoms with Crippen LogP contribution >= 0.6 is 0 Å². The summed E-state index contributed by atoms with van der Waals surface area (Å²) in [5, 5.41) is 17.3. The molecule has 4 rings (SSSR count). The number of hydrogen-bond donors (Lipinski definition) is 5. The minimum atomic E-state index is -1.16. The summed E-state index contributed by atoms with van der Waals surface area (Å²) in [6.45, 7) is 0.447. The number of carboxylic acid groups (broad SMARTS) is 1. The van der Waals surface area contributed by atoms with Crippen LogP contribution in [-0.4, -0.2) is 45.4 Å². The molecule has 2 unspecified atom stereocenters. The molecule has 4 aromatic rings. The first kappa shape index (κ1) is 29.4. The van der Waals surface area contributed by atoms with Crippen molar-refractivity contribution in [3.63, 3.8) is 0 Å². The summed E-state index contributed by atoms with van der Waals surface area (Å²) in [4.78, 5) is 46.7. The monoisotopic (exact) mass is 541 g/mol. The van der Waals surface area contributed by atoms with Crippen LogP contribution < -0.4 is 10.6 Å². The zero-order valence-corrected chi connectivity index (χ0v) is 21.8. The van der Waals surface area contributed by atoms with Gasteiger partial charge >= 0.3 is 5.97 Å². The van der Waals surface area contributed by atoms with Crippen LogP contribution in [0.1, 0.15) is 23.2 Å². The number of aliphatic carboxylic acids is 1. The standard InChI is InChI=1S/C29H30N4O4.HN3/c34-27(31-14-13-20-7-2-1-3-8-20)16-23(15-22-11-6-10-21-9-4-5-12-25(21)22)28(35)33-26(29(36)37)17-24-18-30-19-32-24;1-3-2/h1-12,18-19,23,26H,13-17H2,(H,30,32)(H,31,34)(H,33,35)(H,36,37);1H. The molecule has 0 bridgehead atoms. The lowest BCUT2D eigenvalue weighted by atomic mass is 9.91. The number of benzene rings is 3. The molecule has 0 saturated carbocycles. The Morgan fingerprint density at radius 3 is 2.40 bits per heavy atom. The van der Waals surface area contributed by atoms with Gasteiger partial charge in [-0.05, 0) is 45.2 Å². The fourth-order valence-electron chi connectivity index (χ4n) is 4.38. The summed E-state index contributed by atoms with van der Waals surface area (Å²) in [6, 6.07) is 22.4. The Kier molecular flexibility index (Phi) is 11.3. The molecule has 0 aliphatic heterocycles. The second-order valence-corrected chi connectivity index (χ2v) is 9.09. The van der Waals surface area contributed by atoms with E-state index in [0.29, 0.717) is 25.1 Å². The molecule has 2 atom stereocenters. The highest BCUT2D eigenvalue weighted by Gasteiger charge is 2.28. The molecular weight excluding hydrogens is 510 g/mol. The molecule has 206 valence electrons. The van der Waals surface area contributed by atoms with Crippen molar-refractivity contribution in [2.75, 3.05) is 6.54 Å². The minimum absolute atomic E-state index is 0.0365. The van der Waals surface area contributed by atoms with Gasteiger partial charge in [0.1, 0.15) is 6.04 Å². The molecule has 3 aromatic carbocycles. The van der Waals surface area contributed by atoms with Gasteiger partial charge in [-0.1, -0.05) is 72.8 Å². The molecule has 0 spiro atoms. The Labute approximate surface area is 231 Å². The first-order valence-electron chi connectivity index (χ1n) is 12.7. The number of carbonyl (C=O) groups excluding carboxylic acids is 2. The molecule has 2 amide bonds. The summed E-state index contributed by atoms with van der Waals surface area (Å²) in [7, 11) is 0. The van der Waals surface area contributed by atoms with Gasteiger partial charge in [-0.15, -0.1) is 5.53 Å². The Morgan fingerprint density at radius 2 is 1.70 bits per heavy atom. The highest BCUT2D eigenvalue weighted by molar-refractivity contribution is 5.90. The lowest BCUT2D eigenvalue weighted by Crippen LogP contribution is -2.46. The molecule has 11 nitrogen and oxygen atoms in total. The van der Waals surface area contributed by atoms with Crippen LogP contribution in [0, 0.1) is 11.4 Å². The Morgan fingerprint density at radius 1 is 1.00 bits per heavy atom. The van der Waals surface area contributed by atoms with E-state index in [1.165, 1.54) is 6.33 Å².